The van der Waals surface area contributed by atoms with Crippen molar-refractivity contribution in [2.45, 2.75) is 76.9 Å². The minimum atomic E-state index is -3.99. The fourth-order valence-corrected chi connectivity index (χ4v) is 8.14. The summed E-state index contributed by atoms with van der Waals surface area (Å²) in [7, 11) is 0.372. The highest BCUT2D eigenvalue weighted by Crippen LogP contribution is 2.47. The number of nitrogens with one attached hydrogen (secondary N) is 1. The zero-order valence-corrected chi connectivity index (χ0v) is 28.4. The minimum Gasteiger partial charge on any atom is -0.497 e. The van der Waals surface area contributed by atoms with E-state index < -0.39 is 22.0 Å². The molecule has 0 bridgehead atoms. The third kappa shape index (κ3) is 6.62. The van der Waals surface area contributed by atoms with Crippen LogP contribution < -0.4 is 9.46 Å². The summed E-state index contributed by atoms with van der Waals surface area (Å²) >= 11 is 0. The van der Waals surface area contributed by atoms with Crippen LogP contribution in [0.2, 0.25) is 0 Å². The highest BCUT2D eigenvalue weighted by Gasteiger charge is 2.36. The first kappa shape index (κ1) is 33.0. The molecule has 1 saturated heterocycles. The van der Waals surface area contributed by atoms with Gasteiger partial charge in [0.05, 0.1) is 25.3 Å². The molecule has 252 valence electrons. The van der Waals surface area contributed by atoms with Crippen LogP contribution >= 0.6 is 0 Å². The molecule has 2 aromatic carbocycles. The Labute approximate surface area is 276 Å². The Bertz CT molecular complexity index is 1810. The van der Waals surface area contributed by atoms with Crippen molar-refractivity contribution >= 4 is 38.9 Å². The van der Waals surface area contributed by atoms with Gasteiger partial charge in [-0.1, -0.05) is 25.3 Å². The maximum atomic E-state index is 14.4. The van der Waals surface area contributed by atoms with Crippen molar-refractivity contribution in [1.82, 2.24) is 18.5 Å². The fourth-order valence-electron chi connectivity index (χ4n) is 7.61. The highest BCUT2D eigenvalue weighted by atomic mass is 32.2. The number of esters is 1. The molecule has 11 nitrogen and oxygen atoms in total. The van der Waals surface area contributed by atoms with Crippen LogP contribution in [-0.2, 0) is 37.5 Å². The van der Waals surface area contributed by atoms with Gasteiger partial charge in [-0.2, -0.15) is 12.7 Å². The molecular formula is C35H44N4O7S. The van der Waals surface area contributed by atoms with Gasteiger partial charge in [-0.25, -0.2) is 4.72 Å². The van der Waals surface area contributed by atoms with E-state index in [4.69, 9.17) is 9.47 Å². The Morgan fingerprint density at radius 2 is 1.72 bits per heavy atom. The van der Waals surface area contributed by atoms with Crippen LogP contribution in [-0.4, -0.2) is 80.4 Å². The zero-order valence-electron chi connectivity index (χ0n) is 27.6. The molecule has 2 aliphatic heterocycles. The summed E-state index contributed by atoms with van der Waals surface area (Å²) in [5.41, 5.74) is 5.35. The SMILES string of the molecule is COc1ccc2c(c1)C[C@@H](C(=O)N1CCC[C@H](OC(C)=O)C1)Cn1c-2c(C2CCCCC2)c2ccc(C(=O)NS(=O)(=O)N(C)C)cc21. The third-order valence-electron chi connectivity index (χ3n) is 9.89. The van der Waals surface area contributed by atoms with Gasteiger partial charge in [0.25, 0.3) is 5.91 Å². The van der Waals surface area contributed by atoms with Crippen LogP contribution in [0.15, 0.2) is 36.4 Å². The van der Waals surface area contributed by atoms with Crippen LogP contribution in [0.3, 0.4) is 0 Å². The molecule has 1 aliphatic carbocycles. The van der Waals surface area contributed by atoms with E-state index in [2.05, 4.69) is 15.4 Å². The van der Waals surface area contributed by atoms with Crippen LogP contribution in [0, 0.1) is 5.92 Å². The second-order valence-corrected chi connectivity index (χ2v) is 15.1. The van der Waals surface area contributed by atoms with E-state index >= 15 is 0 Å². The lowest BCUT2D eigenvalue weighted by Crippen LogP contribution is -2.47. The number of carbonyl (C=O) groups is 3. The van der Waals surface area contributed by atoms with E-state index in [0.29, 0.717) is 37.7 Å². The molecule has 2 atom stereocenters. The number of hydrogen-bond acceptors (Lipinski definition) is 7. The van der Waals surface area contributed by atoms with E-state index in [1.54, 1.807) is 19.2 Å². The van der Waals surface area contributed by atoms with Gasteiger partial charge in [-0.15, -0.1) is 0 Å². The molecule has 47 heavy (non-hydrogen) atoms. The summed E-state index contributed by atoms with van der Waals surface area (Å²) in [5, 5.41) is 1.02. The number of benzene rings is 2. The molecule has 3 heterocycles. The van der Waals surface area contributed by atoms with Crippen molar-refractivity contribution in [1.29, 1.82) is 0 Å². The number of methoxy groups -OCH3 is 1. The zero-order chi connectivity index (χ0) is 33.5. The molecule has 0 radical (unpaired) electrons. The number of nitrogens with zero attached hydrogens (tertiary/aromatic N) is 3. The molecule has 0 unspecified atom stereocenters. The molecule has 2 amide bonds. The number of piperidine rings is 1. The lowest BCUT2D eigenvalue weighted by atomic mass is 9.81. The monoisotopic (exact) mass is 664 g/mol. The number of ether oxygens (including phenoxy) is 2. The first-order valence-corrected chi connectivity index (χ1v) is 17.9. The average Bonchev–Trinajstić information content (AvgIpc) is 3.26. The summed E-state index contributed by atoms with van der Waals surface area (Å²) in [6.45, 7) is 2.72. The number of likely N-dealkylation sites (tertiary alicyclic amines) is 1. The predicted octanol–water partition coefficient (Wildman–Crippen LogP) is 4.63. The molecule has 1 N–H and O–H groups in total. The molecule has 2 fully saturated rings. The fraction of sp³-hybridized carbons (Fsp3) is 0.514. The first-order valence-electron chi connectivity index (χ1n) is 16.5. The predicted molar refractivity (Wildman–Crippen MR) is 178 cm³/mol. The van der Waals surface area contributed by atoms with Gasteiger partial charge in [0.1, 0.15) is 11.9 Å². The van der Waals surface area contributed by atoms with Gasteiger partial charge in [0.2, 0.25) is 5.91 Å². The Balaban J connectivity index is 1.50. The Hall–Kier alpha value is -3.90. The van der Waals surface area contributed by atoms with E-state index in [1.165, 1.54) is 33.0 Å². The van der Waals surface area contributed by atoms with E-state index in [0.717, 1.165) is 70.6 Å². The van der Waals surface area contributed by atoms with Gasteiger partial charge < -0.3 is 18.9 Å². The van der Waals surface area contributed by atoms with Crippen LogP contribution in [0.1, 0.15) is 79.3 Å². The number of aromatic nitrogens is 1. The summed E-state index contributed by atoms with van der Waals surface area (Å²) in [4.78, 5) is 41.2. The van der Waals surface area contributed by atoms with Gasteiger partial charge in [-0.05, 0) is 79.5 Å². The lowest BCUT2D eigenvalue weighted by molar-refractivity contribution is -0.153. The van der Waals surface area contributed by atoms with Gasteiger partial charge in [-0.3, -0.25) is 14.4 Å². The summed E-state index contributed by atoms with van der Waals surface area (Å²) < 4.78 is 41.5. The largest absolute Gasteiger partial charge is 0.497 e. The summed E-state index contributed by atoms with van der Waals surface area (Å²) in [5.74, 6) is -0.476. The van der Waals surface area contributed by atoms with Crippen molar-refractivity contribution in [2.24, 2.45) is 5.92 Å². The minimum absolute atomic E-state index is 0.00416. The second kappa shape index (κ2) is 13.3. The normalized spacial score (nSPS) is 20.3. The van der Waals surface area contributed by atoms with E-state index in [1.807, 2.05) is 23.1 Å². The van der Waals surface area contributed by atoms with Gasteiger partial charge in [0, 0.05) is 56.1 Å². The molecular weight excluding hydrogens is 620 g/mol. The van der Waals surface area contributed by atoms with E-state index in [-0.39, 0.29) is 23.5 Å². The quantitative estimate of drug-likeness (QED) is 0.365. The van der Waals surface area contributed by atoms with Crippen molar-refractivity contribution in [3.8, 4) is 17.0 Å². The van der Waals surface area contributed by atoms with Crippen molar-refractivity contribution < 1.29 is 32.3 Å². The molecule has 1 saturated carbocycles. The molecule has 1 aromatic heterocycles. The van der Waals surface area contributed by atoms with Gasteiger partial charge >= 0.3 is 16.2 Å². The van der Waals surface area contributed by atoms with E-state index in [9.17, 15) is 22.8 Å². The number of amides is 2. The number of carbonyl (C=O) groups excluding carboxylic acids is 3. The lowest BCUT2D eigenvalue weighted by Gasteiger charge is -2.34. The molecule has 3 aromatic rings. The van der Waals surface area contributed by atoms with Crippen LogP contribution in [0.4, 0.5) is 0 Å². The number of fused-ring (bicyclic) bond motifs is 5. The Morgan fingerprint density at radius 1 is 0.957 bits per heavy atom. The molecule has 12 heteroatoms. The second-order valence-electron chi connectivity index (χ2n) is 13.2. The molecule has 6 rings (SSSR count). The van der Waals surface area contributed by atoms with Crippen molar-refractivity contribution in [2.75, 3.05) is 34.3 Å². The molecule has 0 spiro atoms. The Morgan fingerprint density at radius 3 is 2.43 bits per heavy atom. The van der Waals surface area contributed by atoms with Crippen LogP contribution in [0.5, 0.6) is 5.75 Å². The third-order valence-corrected chi connectivity index (χ3v) is 11.3. The Kier molecular flexibility index (Phi) is 9.35. The number of hydrogen-bond donors (Lipinski definition) is 1. The summed E-state index contributed by atoms with van der Waals surface area (Å²) in [6.07, 6.45) is 7.20. The average molecular weight is 665 g/mol. The van der Waals surface area contributed by atoms with Gasteiger partial charge in [0.15, 0.2) is 0 Å². The number of rotatable bonds is 7. The maximum absolute atomic E-state index is 14.4. The topological polar surface area (TPSA) is 127 Å². The molecule has 3 aliphatic rings. The van der Waals surface area contributed by atoms with Crippen molar-refractivity contribution in [3.63, 3.8) is 0 Å². The van der Waals surface area contributed by atoms with Crippen LogP contribution in [0.25, 0.3) is 22.2 Å². The smallest absolute Gasteiger partial charge is 0.303 e. The maximum Gasteiger partial charge on any atom is 0.303 e. The summed E-state index contributed by atoms with van der Waals surface area (Å²) in [6, 6.07) is 11.4. The highest BCUT2D eigenvalue weighted by molar-refractivity contribution is 7.87. The van der Waals surface area contributed by atoms with Crippen molar-refractivity contribution in [3.05, 3.63) is 53.1 Å². The first-order chi connectivity index (χ1) is 22.5. The standard InChI is InChI=1S/C35H44N4O7S/c1-22(40)46-28-11-8-16-38(21-28)35(42)26-17-25-18-27(45-4)13-15-29(25)33-32(23-9-6-5-7-10-23)30-14-12-24(19-31(30)39(33)20-26)34(41)36-47(43,44)37(2)3/h12-15,18-19,23,26,28H,5-11,16-17,20-21H2,1-4H3,(H,36,41)/t26-,28+/m1/s1.